The fourth-order valence-corrected chi connectivity index (χ4v) is 3.47. The summed E-state index contributed by atoms with van der Waals surface area (Å²) in [5.74, 6) is 6.35. The highest BCUT2D eigenvalue weighted by atomic mass is 19.1. The fourth-order valence-electron chi connectivity index (χ4n) is 3.47. The minimum absolute atomic E-state index is 0.250. The first-order chi connectivity index (χ1) is 14.7. The van der Waals surface area contributed by atoms with Gasteiger partial charge in [-0.3, -0.25) is 0 Å². The Morgan fingerprint density at radius 2 is 1.63 bits per heavy atom. The highest BCUT2D eigenvalue weighted by molar-refractivity contribution is 5.88. The zero-order chi connectivity index (χ0) is 20.8. The van der Waals surface area contributed by atoms with Crippen molar-refractivity contribution in [1.82, 2.24) is 9.97 Å². The van der Waals surface area contributed by atoms with Crippen molar-refractivity contribution in [3.63, 3.8) is 0 Å². The minimum Gasteiger partial charge on any atom is -0.229 e. The lowest BCUT2D eigenvalue weighted by molar-refractivity contribution is 0.630. The summed E-state index contributed by atoms with van der Waals surface area (Å²) in [5, 5.41) is 1.75. The molecular formula is C27H23FN2. The second-order valence-electron chi connectivity index (χ2n) is 7.37. The summed E-state index contributed by atoms with van der Waals surface area (Å²) < 4.78 is 13.4. The predicted molar refractivity (Wildman–Crippen MR) is 121 cm³/mol. The molecule has 4 aromatic rings. The molecular weight excluding hydrogens is 371 g/mol. The molecule has 3 heteroatoms. The molecule has 1 aromatic heterocycles. The third-order valence-corrected chi connectivity index (χ3v) is 5.16. The van der Waals surface area contributed by atoms with Crippen LogP contribution in [0.15, 0.2) is 73.1 Å². The Morgan fingerprint density at radius 3 is 2.40 bits per heavy atom. The van der Waals surface area contributed by atoms with Crippen LogP contribution in [0.2, 0.25) is 0 Å². The highest BCUT2D eigenvalue weighted by Crippen LogP contribution is 2.20. The van der Waals surface area contributed by atoms with E-state index >= 15 is 0 Å². The van der Waals surface area contributed by atoms with Gasteiger partial charge in [0.15, 0.2) is 0 Å². The maximum absolute atomic E-state index is 13.4. The Morgan fingerprint density at radius 1 is 0.833 bits per heavy atom. The van der Waals surface area contributed by atoms with Crippen molar-refractivity contribution in [2.45, 2.75) is 32.6 Å². The quantitative estimate of drug-likeness (QED) is 0.283. The Labute approximate surface area is 176 Å². The van der Waals surface area contributed by atoms with Gasteiger partial charge in [-0.1, -0.05) is 68.2 Å². The van der Waals surface area contributed by atoms with Crippen LogP contribution >= 0.6 is 0 Å². The smallest absolute Gasteiger partial charge is 0.205 e. The molecule has 0 saturated heterocycles. The number of hydrogen-bond donors (Lipinski definition) is 0. The van der Waals surface area contributed by atoms with Crippen LogP contribution in [0.5, 0.6) is 0 Å². The van der Waals surface area contributed by atoms with Crippen LogP contribution in [0, 0.1) is 17.7 Å². The van der Waals surface area contributed by atoms with Crippen molar-refractivity contribution in [3.8, 4) is 23.0 Å². The van der Waals surface area contributed by atoms with Crippen LogP contribution in [0.25, 0.3) is 21.9 Å². The number of aryl methyl sites for hydroxylation is 1. The number of unbranched alkanes of at least 4 members (excludes halogenated alkanes) is 2. The molecule has 0 radical (unpaired) electrons. The van der Waals surface area contributed by atoms with Crippen LogP contribution < -0.4 is 0 Å². The molecule has 0 atom stereocenters. The van der Waals surface area contributed by atoms with E-state index in [9.17, 15) is 4.39 Å². The maximum atomic E-state index is 13.4. The molecule has 0 bridgehead atoms. The van der Waals surface area contributed by atoms with Gasteiger partial charge in [-0.15, -0.1) is 0 Å². The summed E-state index contributed by atoms with van der Waals surface area (Å²) in [5.41, 5.74) is 4.27. The number of fused-ring (bicyclic) bond motifs is 1. The molecule has 148 valence electrons. The van der Waals surface area contributed by atoms with E-state index in [1.165, 1.54) is 37.0 Å². The normalized spacial score (nSPS) is 10.6. The SMILES string of the molecule is CCCCCc1ccc(-c2cnc(C#Cc3cccc4cc(F)ccc34)nc2)cc1. The van der Waals surface area contributed by atoms with E-state index in [0.717, 1.165) is 33.9 Å². The molecule has 0 spiro atoms. The molecule has 4 rings (SSSR count). The summed E-state index contributed by atoms with van der Waals surface area (Å²) in [4.78, 5) is 8.81. The van der Waals surface area contributed by atoms with Crippen LogP contribution in [0.4, 0.5) is 4.39 Å². The second kappa shape index (κ2) is 9.33. The lowest BCUT2D eigenvalue weighted by Crippen LogP contribution is -1.91. The molecule has 3 aromatic carbocycles. The molecule has 0 aliphatic rings. The van der Waals surface area contributed by atoms with E-state index in [1.807, 2.05) is 30.6 Å². The summed E-state index contributed by atoms with van der Waals surface area (Å²) >= 11 is 0. The van der Waals surface area contributed by atoms with Gasteiger partial charge in [-0.2, -0.15) is 0 Å². The fraction of sp³-hybridized carbons (Fsp3) is 0.185. The van der Waals surface area contributed by atoms with E-state index in [0.29, 0.717) is 5.82 Å². The largest absolute Gasteiger partial charge is 0.229 e. The number of rotatable bonds is 5. The first kappa shape index (κ1) is 19.8. The van der Waals surface area contributed by atoms with Crippen molar-refractivity contribution in [1.29, 1.82) is 0 Å². The lowest BCUT2D eigenvalue weighted by Gasteiger charge is -2.04. The molecule has 0 N–H and O–H groups in total. The monoisotopic (exact) mass is 394 g/mol. The molecule has 0 amide bonds. The molecule has 2 nitrogen and oxygen atoms in total. The van der Waals surface area contributed by atoms with Crippen molar-refractivity contribution in [2.24, 2.45) is 0 Å². The molecule has 0 fully saturated rings. The van der Waals surface area contributed by atoms with Crippen molar-refractivity contribution in [3.05, 3.63) is 95.8 Å². The average Bonchev–Trinajstić information content (AvgIpc) is 2.78. The summed E-state index contributed by atoms with van der Waals surface area (Å²) in [7, 11) is 0. The maximum Gasteiger partial charge on any atom is 0.205 e. The second-order valence-corrected chi connectivity index (χ2v) is 7.37. The zero-order valence-corrected chi connectivity index (χ0v) is 17.0. The molecule has 0 aliphatic heterocycles. The van der Waals surface area contributed by atoms with Gasteiger partial charge in [-0.25, -0.2) is 14.4 Å². The molecule has 30 heavy (non-hydrogen) atoms. The van der Waals surface area contributed by atoms with Gasteiger partial charge in [0.1, 0.15) is 5.82 Å². The van der Waals surface area contributed by atoms with Gasteiger partial charge in [-0.05, 0) is 58.9 Å². The summed E-state index contributed by atoms with van der Waals surface area (Å²) in [6.45, 7) is 2.22. The van der Waals surface area contributed by atoms with Gasteiger partial charge in [0.25, 0.3) is 0 Å². The van der Waals surface area contributed by atoms with E-state index < -0.39 is 0 Å². The van der Waals surface area contributed by atoms with Crippen LogP contribution in [-0.2, 0) is 6.42 Å². The van der Waals surface area contributed by atoms with E-state index in [2.05, 4.69) is 53.0 Å². The summed E-state index contributed by atoms with van der Waals surface area (Å²) in [6, 6.07) is 19.0. The highest BCUT2D eigenvalue weighted by Gasteiger charge is 2.02. The van der Waals surface area contributed by atoms with E-state index in [4.69, 9.17) is 0 Å². The van der Waals surface area contributed by atoms with Crippen molar-refractivity contribution < 1.29 is 4.39 Å². The van der Waals surface area contributed by atoms with Crippen molar-refractivity contribution >= 4 is 10.8 Å². The number of hydrogen-bond acceptors (Lipinski definition) is 2. The molecule has 0 saturated carbocycles. The molecule has 0 unspecified atom stereocenters. The number of halogens is 1. The van der Waals surface area contributed by atoms with Crippen LogP contribution in [0.1, 0.15) is 43.1 Å². The van der Waals surface area contributed by atoms with E-state index in [1.54, 1.807) is 6.07 Å². The standard InChI is InChI=1S/C27H23FN2/c1-2-3-4-6-20-9-11-21(12-10-20)24-18-29-27(30-19-24)16-13-22-7-5-8-23-17-25(28)14-15-26(22)23/h5,7-12,14-15,17-19H,2-4,6H2,1H3. The molecule has 1 heterocycles. The van der Waals surface area contributed by atoms with Gasteiger partial charge < -0.3 is 0 Å². The Bertz CT molecular complexity index is 1200. The van der Waals surface area contributed by atoms with Crippen molar-refractivity contribution in [2.75, 3.05) is 0 Å². The first-order valence-electron chi connectivity index (χ1n) is 10.3. The van der Waals surface area contributed by atoms with Gasteiger partial charge >= 0.3 is 0 Å². The number of nitrogens with zero attached hydrogens (tertiary/aromatic N) is 2. The van der Waals surface area contributed by atoms with Gasteiger partial charge in [0.2, 0.25) is 5.82 Å². The number of aromatic nitrogens is 2. The van der Waals surface area contributed by atoms with Crippen LogP contribution in [-0.4, -0.2) is 9.97 Å². The third kappa shape index (κ3) is 4.72. The summed E-state index contributed by atoms with van der Waals surface area (Å²) in [6.07, 6.45) is 8.48. The zero-order valence-electron chi connectivity index (χ0n) is 17.0. The Balaban J connectivity index is 1.50. The molecule has 0 aliphatic carbocycles. The number of benzene rings is 3. The Kier molecular flexibility index (Phi) is 6.15. The third-order valence-electron chi connectivity index (χ3n) is 5.16. The van der Waals surface area contributed by atoms with E-state index in [-0.39, 0.29) is 5.82 Å². The van der Waals surface area contributed by atoms with Crippen LogP contribution in [0.3, 0.4) is 0 Å². The van der Waals surface area contributed by atoms with Gasteiger partial charge in [0, 0.05) is 23.5 Å². The minimum atomic E-state index is -0.250. The predicted octanol–water partition coefficient (Wildman–Crippen LogP) is 6.57. The topological polar surface area (TPSA) is 25.8 Å². The lowest BCUT2D eigenvalue weighted by atomic mass is 10.0. The Hall–Kier alpha value is -3.51. The van der Waals surface area contributed by atoms with Gasteiger partial charge in [0.05, 0.1) is 0 Å². The first-order valence-corrected chi connectivity index (χ1v) is 10.3. The average molecular weight is 394 g/mol.